The van der Waals surface area contributed by atoms with Gasteiger partial charge in [-0.1, -0.05) is 0 Å². The number of likely N-dealkylation sites (N-methyl/N-ethyl adjacent to an activating group) is 1. The van der Waals surface area contributed by atoms with Crippen molar-refractivity contribution in [2.24, 2.45) is 0 Å². The van der Waals surface area contributed by atoms with Gasteiger partial charge < -0.3 is 10.4 Å². The van der Waals surface area contributed by atoms with Gasteiger partial charge in [0, 0.05) is 24.0 Å². The molecular weight excluding hydrogens is 160 g/mol. The van der Waals surface area contributed by atoms with Crippen molar-refractivity contribution in [2.45, 2.75) is 12.5 Å². The fourth-order valence-electron chi connectivity index (χ4n) is 0.883. The molecule has 1 aromatic heterocycles. The number of aliphatic hydroxyl groups is 1. The van der Waals surface area contributed by atoms with Gasteiger partial charge in [-0.25, -0.2) is 0 Å². The molecule has 62 valence electrons. The van der Waals surface area contributed by atoms with E-state index in [0.29, 0.717) is 13.0 Å². The maximum absolute atomic E-state index is 9.34. The van der Waals surface area contributed by atoms with E-state index in [-0.39, 0.29) is 6.10 Å². The minimum atomic E-state index is -0.291. The lowest BCUT2D eigenvalue weighted by Crippen LogP contribution is -2.24. The molecule has 0 saturated heterocycles. The molecule has 4 heteroatoms. The first kappa shape index (κ1) is 8.64. The lowest BCUT2D eigenvalue weighted by Gasteiger charge is -2.06. The van der Waals surface area contributed by atoms with Crippen molar-refractivity contribution >= 4 is 11.3 Å². The summed E-state index contributed by atoms with van der Waals surface area (Å²) >= 11 is 1.58. The van der Waals surface area contributed by atoms with Gasteiger partial charge >= 0.3 is 0 Å². The number of aliphatic hydroxyl groups excluding tert-OH is 1. The summed E-state index contributed by atoms with van der Waals surface area (Å²) in [4.78, 5) is 5.05. The summed E-state index contributed by atoms with van der Waals surface area (Å²) in [6.07, 6.45) is 2.20. The topological polar surface area (TPSA) is 45.1 Å². The SMILES string of the molecule is CNCC(O)Cc1cncs1. The van der Waals surface area contributed by atoms with E-state index in [1.54, 1.807) is 23.0 Å². The predicted octanol–water partition coefficient (Wildman–Crippen LogP) is 0.266. The highest BCUT2D eigenvalue weighted by Crippen LogP contribution is 2.07. The van der Waals surface area contributed by atoms with E-state index in [1.165, 1.54) is 0 Å². The van der Waals surface area contributed by atoms with Crippen LogP contribution in [-0.2, 0) is 6.42 Å². The maximum Gasteiger partial charge on any atom is 0.0794 e. The minimum Gasteiger partial charge on any atom is -0.391 e. The summed E-state index contributed by atoms with van der Waals surface area (Å²) in [5, 5.41) is 12.3. The van der Waals surface area contributed by atoms with Crippen LogP contribution in [0.5, 0.6) is 0 Å². The number of hydrogen-bond acceptors (Lipinski definition) is 4. The zero-order chi connectivity index (χ0) is 8.10. The molecule has 11 heavy (non-hydrogen) atoms. The molecule has 1 rings (SSSR count). The van der Waals surface area contributed by atoms with Crippen molar-refractivity contribution in [1.82, 2.24) is 10.3 Å². The second-order valence-electron chi connectivity index (χ2n) is 2.38. The van der Waals surface area contributed by atoms with E-state index in [0.717, 1.165) is 4.88 Å². The zero-order valence-corrected chi connectivity index (χ0v) is 7.27. The Kier molecular flexibility index (Phi) is 3.48. The molecule has 1 heterocycles. The normalized spacial score (nSPS) is 13.3. The molecule has 0 fully saturated rings. The number of rotatable bonds is 4. The average Bonchev–Trinajstić information content (AvgIpc) is 2.40. The number of aromatic nitrogens is 1. The van der Waals surface area contributed by atoms with Crippen molar-refractivity contribution in [3.63, 3.8) is 0 Å². The Balaban J connectivity index is 2.31. The molecule has 0 bridgehead atoms. The van der Waals surface area contributed by atoms with Crippen LogP contribution in [0.15, 0.2) is 11.7 Å². The zero-order valence-electron chi connectivity index (χ0n) is 6.45. The fraction of sp³-hybridized carbons (Fsp3) is 0.571. The Morgan fingerprint density at radius 1 is 1.82 bits per heavy atom. The number of hydrogen-bond donors (Lipinski definition) is 2. The van der Waals surface area contributed by atoms with E-state index in [2.05, 4.69) is 10.3 Å². The maximum atomic E-state index is 9.34. The van der Waals surface area contributed by atoms with E-state index in [1.807, 2.05) is 7.05 Å². The van der Waals surface area contributed by atoms with Gasteiger partial charge in [-0.3, -0.25) is 4.98 Å². The van der Waals surface area contributed by atoms with E-state index < -0.39 is 0 Å². The molecular formula is C7H12N2OS. The summed E-state index contributed by atoms with van der Waals surface area (Å²) in [6, 6.07) is 0. The van der Waals surface area contributed by atoms with Crippen LogP contribution in [0.3, 0.4) is 0 Å². The highest BCUT2D eigenvalue weighted by Gasteiger charge is 2.04. The monoisotopic (exact) mass is 172 g/mol. The minimum absolute atomic E-state index is 0.291. The number of thiazole rings is 1. The van der Waals surface area contributed by atoms with Crippen molar-refractivity contribution in [1.29, 1.82) is 0 Å². The standard InChI is InChI=1S/C7H12N2OS/c1-8-3-6(10)2-7-4-9-5-11-7/h4-6,8,10H,2-3H2,1H3. The van der Waals surface area contributed by atoms with Gasteiger partial charge in [0.1, 0.15) is 0 Å². The summed E-state index contributed by atoms with van der Waals surface area (Å²) in [6.45, 7) is 0.637. The molecule has 0 amide bonds. The van der Waals surface area contributed by atoms with Gasteiger partial charge in [0.15, 0.2) is 0 Å². The molecule has 1 unspecified atom stereocenters. The number of nitrogens with zero attached hydrogens (tertiary/aromatic N) is 1. The molecule has 0 aromatic carbocycles. The first-order chi connectivity index (χ1) is 5.33. The predicted molar refractivity (Wildman–Crippen MR) is 45.8 cm³/mol. The van der Waals surface area contributed by atoms with Gasteiger partial charge in [0.05, 0.1) is 11.6 Å². The van der Waals surface area contributed by atoms with Gasteiger partial charge in [0.25, 0.3) is 0 Å². The Morgan fingerprint density at radius 3 is 3.18 bits per heavy atom. The van der Waals surface area contributed by atoms with Crippen LogP contribution in [0.25, 0.3) is 0 Å². The molecule has 0 aliphatic heterocycles. The van der Waals surface area contributed by atoms with Crippen molar-refractivity contribution in [2.75, 3.05) is 13.6 Å². The molecule has 0 aliphatic rings. The third-order valence-corrected chi connectivity index (χ3v) is 2.16. The van der Waals surface area contributed by atoms with Crippen LogP contribution >= 0.6 is 11.3 Å². The van der Waals surface area contributed by atoms with Gasteiger partial charge in [0.2, 0.25) is 0 Å². The smallest absolute Gasteiger partial charge is 0.0794 e. The Hall–Kier alpha value is -0.450. The molecule has 1 atom stereocenters. The van der Waals surface area contributed by atoms with E-state index in [9.17, 15) is 5.11 Å². The Morgan fingerprint density at radius 2 is 2.64 bits per heavy atom. The van der Waals surface area contributed by atoms with Gasteiger partial charge in [-0.15, -0.1) is 11.3 Å². The summed E-state index contributed by atoms with van der Waals surface area (Å²) in [5.74, 6) is 0. The molecule has 2 N–H and O–H groups in total. The van der Waals surface area contributed by atoms with Crippen molar-refractivity contribution < 1.29 is 5.11 Å². The molecule has 0 aliphatic carbocycles. The van der Waals surface area contributed by atoms with Crippen LogP contribution < -0.4 is 5.32 Å². The van der Waals surface area contributed by atoms with Crippen LogP contribution in [0.4, 0.5) is 0 Å². The highest BCUT2D eigenvalue weighted by atomic mass is 32.1. The van der Waals surface area contributed by atoms with Gasteiger partial charge in [-0.05, 0) is 7.05 Å². The van der Waals surface area contributed by atoms with Crippen LogP contribution in [0.1, 0.15) is 4.88 Å². The molecule has 1 aromatic rings. The molecule has 0 radical (unpaired) electrons. The van der Waals surface area contributed by atoms with E-state index >= 15 is 0 Å². The average molecular weight is 172 g/mol. The third kappa shape index (κ3) is 2.96. The lowest BCUT2D eigenvalue weighted by atomic mass is 10.2. The Bertz CT molecular complexity index is 188. The largest absolute Gasteiger partial charge is 0.391 e. The third-order valence-electron chi connectivity index (χ3n) is 1.36. The quantitative estimate of drug-likeness (QED) is 0.685. The first-order valence-corrected chi connectivity index (χ1v) is 4.41. The fourth-order valence-corrected chi connectivity index (χ4v) is 1.55. The molecule has 0 saturated carbocycles. The second-order valence-corrected chi connectivity index (χ2v) is 3.35. The summed E-state index contributed by atoms with van der Waals surface area (Å²) < 4.78 is 0. The van der Waals surface area contributed by atoms with Crippen molar-refractivity contribution in [3.05, 3.63) is 16.6 Å². The van der Waals surface area contributed by atoms with Crippen molar-refractivity contribution in [3.8, 4) is 0 Å². The Labute approximate surface area is 70.1 Å². The first-order valence-electron chi connectivity index (χ1n) is 3.53. The van der Waals surface area contributed by atoms with Gasteiger partial charge in [-0.2, -0.15) is 0 Å². The van der Waals surface area contributed by atoms with E-state index in [4.69, 9.17) is 0 Å². The van der Waals surface area contributed by atoms with Crippen LogP contribution in [-0.4, -0.2) is 29.8 Å². The second kappa shape index (κ2) is 4.43. The molecule has 0 spiro atoms. The summed E-state index contributed by atoms with van der Waals surface area (Å²) in [5.41, 5.74) is 1.78. The lowest BCUT2D eigenvalue weighted by molar-refractivity contribution is 0.175. The highest BCUT2D eigenvalue weighted by molar-refractivity contribution is 7.09. The molecule has 3 nitrogen and oxygen atoms in total. The summed E-state index contributed by atoms with van der Waals surface area (Å²) in [7, 11) is 1.83. The van der Waals surface area contributed by atoms with Crippen LogP contribution in [0.2, 0.25) is 0 Å². The number of nitrogens with one attached hydrogen (secondary N) is 1. The van der Waals surface area contributed by atoms with Crippen LogP contribution in [0, 0.1) is 0 Å².